The van der Waals surface area contributed by atoms with E-state index in [1.807, 2.05) is 0 Å². The Labute approximate surface area is 80.1 Å². The summed E-state index contributed by atoms with van der Waals surface area (Å²) >= 11 is 0. The molecule has 0 aliphatic carbocycles. The van der Waals surface area contributed by atoms with Crippen molar-refractivity contribution in [1.82, 2.24) is 4.98 Å². The lowest BCUT2D eigenvalue weighted by Crippen LogP contribution is -2.04. The van der Waals surface area contributed by atoms with E-state index in [1.165, 1.54) is 6.20 Å². The molecule has 1 heterocycles. The first-order chi connectivity index (χ1) is 6.67. The fourth-order valence-electron chi connectivity index (χ4n) is 1.06. The molecule has 0 aliphatic rings. The Hall–Kier alpha value is -1.91. The van der Waals surface area contributed by atoms with Crippen molar-refractivity contribution in [3.63, 3.8) is 0 Å². The minimum atomic E-state index is -0.583. The van der Waals surface area contributed by atoms with Gasteiger partial charge in [-0.05, 0) is 23.7 Å². The standard InChI is InChI=1S/C9H8N2O3/c1-6-2-7(3-8(13)5-12)9(11-14)4-10-6/h2,4-5H,3H2,1H3. The summed E-state index contributed by atoms with van der Waals surface area (Å²) in [6, 6.07) is 1.57. The monoisotopic (exact) mass is 192 g/mol. The van der Waals surface area contributed by atoms with Crippen LogP contribution in [-0.4, -0.2) is 17.1 Å². The number of Topliss-reactive ketones (excluding diaryl/α,β-unsaturated/α-hetero) is 1. The van der Waals surface area contributed by atoms with Crippen LogP contribution in [0.1, 0.15) is 11.3 Å². The third kappa shape index (κ3) is 2.29. The van der Waals surface area contributed by atoms with Crippen LogP contribution in [0, 0.1) is 11.8 Å². The molecule has 0 aliphatic heterocycles. The third-order valence-electron chi connectivity index (χ3n) is 1.70. The fraction of sp³-hybridized carbons (Fsp3) is 0.222. The van der Waals surface area contributed by atoms with Crippen LogP contribution in [0.15, 0.2) is 17.4 Å². The number of aryl methyl sites for hydroxylation is 1. The number of carbonyl (C=O) groups excluding carboxylic acids is 2. The van der Waals surface area contributed by atoms with E-state index >= 15 is 0 Å². The van der Waals surface area contributed by atoms with Gasteiger partial charge < -0.3 is 0 Å². The van der Waals surface area contributed by atoms with E-state index in [0.717, 1.165) is 0 Å². The minimum absolute atomic E-state index is 0.103. The molecular formula is C9H8N2O3. The van der Waals surface area contributed by atoms with Gasteiger partial charge in [-0.25, -0.2) is 0 Å². The van der Waals surface area contributed by atoms with Gasteiger partial charge in [0.2, 0.25) is 0 Å². The Morgan fingerprint density at radius 2 is 2.36 bits per heavy atom. The lowest BCUT2D eigenvalue weighted by Gasteiger charge is -2.00. The van der Waals surface area contributed by atoms with Gasteiger partial charge in [-0.1, -0.05) is 0 Å². The van der Waals surface area contributed by atoms with Crippen molar-refractivity contribution < 1.29 is 9.59 Å². The Balaban J connectivity index is 3.04. The van der Waals surface area contributed by atoms with Crippen LogP contribution in [0.3, 0.4) is 0 Å². The van der Waals surface area contributed by atoms with Crippen molar-refractivity contribution in [3.05, 3.63) is 28.4 Å². The van der Waals surface area contributed by atoms with Crippen molar-refractivity contribution in [2.45, 2.75) is 13.3 Å². The predicted octanol–water partition coefficient (Wildman–Crippen LogP) is 1.10. The van der Waals surface area contributed by atoms with Gasteiger partial charge in [-0.3, -0.25) is 14.6 Å². The normalized spacial score (nSPS) is 9.50. The van der Waals surface area contributed by atoms with E-state index in [-0.39, 0.29) is 18.4 Å². The molecule has 0 aromatic carbocycles. The summed E-state index contributed by atoms with van der Waals surface area (Å²) in [5, 5.41) is 2.72. The summed E-state index contributed by atoms with van der Waals surface area (Å²) in [5.74, 6) is -0.583. The summed E-state index contributed by atoms with van der Waals surface area (Å²) in [4.78, 5) is 35.1. The second-order valence-electron chi connectivity index (χ2n) is 2.81. The Morgan fingerprint density at radius 3 is 2.93 bits per heavy atom. The average Bonchev–Trinajstić information content (AvgIpc) is 2.18. The molecule has 0 bridgehead atoms. The van der Waals surface area contributed by atoms with Crippen molar-refractivity contribution >= 4 is 17.8 Å². The summed E-state index contributed by atoms with van der Waals surface area (Å²) < 4.78 is 0. The Morgan fingerprint density at radius 1 is 1.64 bits per heavy atom. The molecule has 0 atom stereocenters. The molecule has 5 heteroatoms. The number of hydrogen-bond donors (Lipinski definition) is 0. The molecule has 0 N–H and O–H groups in total. The van der Waals surface area contributed by atoms with Crippen molar-refractivity contribution in [3.8, 4) is 0 Å². The third-order valence-corrected chi connectivity index (χ3v) is 1.70. The number of nitroso groups, excluding NO2 is 1. The van der Waals surface area contributed by atoms with Crippen molar-refractivity contribution in [2.24, 2.45) is 5.18 Å². The zero-order chi connectivity index (χ0) is 10.6. The van der Waals surface area contributed by atoms with Crippen LogP contribution in [0.5, 0.6) is 0 Å². The number of hydrogen-bond acceptors (Lipinski definition) is 5. The maximum Gasteiger partial charge on any atom is 0.199 e. The van der Waals surface area contributed by atoms with Crippen LogP contribution in [0.4, 0.5) is 5.69 Å². The van der Waals surface area contributed by atoms with Gasteiger partial charge in [0.15, 0.2) is 12.1 Å². The smallest absolute Gasteiger partial charge is 0.199 e. The van der Waals surface area contributed by atoms with Gasteiger partial charge in [-0.15, -0.1) is 4.91 Å². The van der Waals surface area contributed by atoms with Gasteiger partial charge in [0, 0.05) is 12.1 Å². The molecule has 1 aromatic rings. The molecule has 0 amide bonds. The number of nitrogens with zero attached hydrogens (tertiary/aromatic N) is 2. The summed E-state index contributed by atoms with van der Waals surface area (Å²) in [6.45, 7) is 1.73. The number of carbonyl (C=O) groups is 2. The highest BCUT2D eigenvalue weighted by Crippen LogP contribution is 2.18. The Bertz CT molecular complexity index is 388. The number of pyridine rings is 1. The zero-order valence-electron chi connectivity index (χ0n) is 7.56. The summed E-state index contributed by atoms with van der Waals surface area (Å²) in [7, 11) is 0. The first-order valence-electron chi connectivity index (χ1n) is 3.94. The molecule has 0 saturated heterocycles. The molecule has 0 radical (unpaired) electrons. The van der Waals surface area contributed by atoms with Gasteiger partial charge >= 0.3 is 0 Å². The molecule has 0 spiro atoms. The zero-order valence-corrected chi connectivity index (χ0v) is 7.56. The fourth-order valence-corrected chi connectivity index (χ4v) is 1.06. The van der Waals surface area contributed by atoms with E-state index < -0.39 is 5.78 Å². The summed E-state index contributed by atoms with van der Waals surface area (Å²) in [5.41, 5.74) is 1.21. The van der Waals surface area contributed by atoms with Gasteiger partial charge in [0.05, 0.1) is 6.20 Å². The van der Waals surface area contributed by atoms with Crippen molar-refractivity contribution in [2.75, 3.05) is 0 Å². The minimum Gasteiger partial charge on any atom is -0.295 e. The first-order valence-corrected chi connectivity index (χ1v) is 3.94. The predicted molar refractivity (Wildman–Crippen MR) is 49.2 cm³/mol. The second kappa shape index (κ2) is 4.36. The first kappa shape index (κ1) is 10.2. The number of rotatable bonds is 4. The van der Waals surface area contributed by atoms with E-state index in [0.29, 0.717) is 11.3 Å². The van der Waals surface area contributed by atoms with E-state index in [1.54, 1.807) is 13.0 Å². The quantitative estimate of drug-likeness (QED) is 0.406. The number of ketones is 1. The molecular weight excluding hydrogens is 184 g/mol. The van der Waals surface area contributed by atoms with Crippen LogP contribution < -0.4 is 0 Å². The highest BCUT2D eigenvalue weighted by molar-refractivity contribution is 6.25. The SMILES string of the molecule is Cc1cc(CC(=O)C=O)c(N=O)cn1. The highest BCUT2D eigenvalue weighted by Gasteiger charge is 2.08. The maximum absolute atomic E-state index is 10.8. The van der Waals surface area contributed by atoms with Crippen LogP contribution in [-0.2, 0) is 16.0 Å². The van der Waals surface area contributed by atoms with Gasteiger partial charge in [-0.2, -0.15) is 0 Å². The highest BCUT2D eigenvalue weighted by atomic mass is 16.3. The summed E-state index contributed by atoms with van der Waals surface area (Å²) in [6.07, 6.45) is 1.41. The molecule has 0 unspecified atom stereocenters. The maximum atomic E-state index is 10.8. The molecule has 5 nitrogen and oxygen atoms in total. The van der Waals surface area contributed by atoms with E-state index in [9.17, 15) is 14.5 Å². The molecule has 14 heavy (non-hydrogen) atoms. The molecule has 0 saturated carbocycles. The molecule has 72 valence electrons. The van der Waals surface area contributed by atoms with Gasteiger partial charge in [0.1, 0.15) is 5.69 Å². The Kier molecular flexibility index (Phi) is 3.17. The number of aldehydes is 1. The molecule has 1 aromatic heterocycles. The lowest BCUT2D eigenvalue weighted by atomic mass is 10.1. The lowest BCUT2D eigenvalue weighted by molar-refractivity contribution is -0.129. The topological polar surface area (TPSA) is 76.5 Å². The largest absolute Gasteiger partial charge is 0.295 e. The molecule has 0 fully saturated rings. The van der Waals surface area contributed by atoms with Crippen LogP contribution in [0.2, 0.25) is 0 Å². The van der Waals surface area contributed by atoms with E-state index in [2.05, 4.69) is 10.2 Å². The molecule has 1 rings (SSSR count). The van der Waals surface area contributed by atoms with E-state index in [4.69, 9.17) is 0 Å². The second-order valence-corrected chi connectivity index (χ2v) is 2.81. The average molecular weight is 192 g/mol. The number of aromatic nitrogens is 1. The van der Waals surface area contributed by atoms with Crippen LogP contribution >= 0.6 is 0 Å². The van der Waals surface area contributed by atoms with Gasteiger partial charge in [0.25, 0.3) is 0 Å². The van der Waals surface area contributed by atoms with Crippen LogP contribution in [0.25, 0.3) is 0 Å². The van der Waals surface area contributed by atoms with Crippen molar-refractivity contribution in [1.29, 1.82) is 0 Å².